The molecule has 0 N–H and O–H groups in total. The summed E-state index contributed by atoms with van der Waals surface area (Å²) in [6, 6.07) is 0. The normalized spacial score (nSPS) is 11.6. The molecule has 0 atom stereocenters. The third kappa shape index (κ3) is 16.4. The molecule has 0 aliphatic heterocycles. The maximum Gasteiger partial charge on any atom is 0.332 e. The van der Waals surface area contributed by atoms with Crippen molar-refractivity contribution in [3.8, 4) is 0 Å². The van der Waals surface area contributed by atoms with Crippen molar-refractivity contribution in [1.82, 2.24) is 0 Å². The van der Waals surface area contributed by atoms with Crippen LogP contribution in [0.25, 0.3) is 0 Å². The average molecular weight is 422 g/mol. The van der Waals surface area contributed by atoms with E-state index in [2.05, 4.69) is 21.2 Å². The second kappa shape index (κ2) is 13.1. The minimum atomic E-state index is -0.478. The maximum absolute atomic E-state index is 11.3. The first-order valence-corrected chi connectivity index (χ1v) is 9.59. The highest BCUT2D eigenvalue weighted by molar-refractivity contribution is 14.2. The van der Waals surface area contributed by atoms with Gasteiger partial charge in [0.1, 0.15) is 12.2 Å². The van der Waals surface area contributed by atoms with Crippen molar-refractivity contribution in [3.63, 3.8) is 0 Å². The predicted octanol–water partition coefficient (Wildman–Crippen LogP) is 2.39. The number of esters is 1. The molecule has 0 radical (unpaired) electrons. The minimum absolute atomic E-state index is 0.0531. The second-order valence-electron chi connectivity index (χ2n) is 4.75. The lowest BCUT2D eigenvalue weighted by atomic mass is 10.2. The molecule has 0 fully saturated rings. The zero-order valence-electron chi connectivity index (χ0n) is 12.2. The van der Waals surface area contributed by atoms with Crippen LogP contribution in [-0.2, 0) is 27.9 Å². The van der Waals surface area contributed by atoms with Gasteiger partial charge in [-0.3, -0.25) is 0 Å². The molecule has 0 saturated carbocycles. The van der Waals surface area contributed by atoms with Gasteiger partial charge >= 0.3 is 5.97 Å². The van der Waals surface area contributed by atoms with E-state index in [0.717, 1.165) is 0 Å². The number of hydrogen-bond donors (Lipinski definition) is 0. The van der Waals surface area contributed by atoms with Gasteiger partial charge in [-0.2, -0.15) is 0 Å². The highest BCUT2D eigenvalue weighted by Gasteiger charge is 2.15. The van der Waals surface area contributed by atoms with E-state index < -0.39 is 5.60 Å². The predicted molar refractivity (Wildman–Crippen MR) is 85.9 cm³/mol. The molecule has 0 spiro atoms. The van der Waals surface area contributed by atoms with E-state index in [0.29, 0.717) is 39.6 Å². The van der Waals surface area contributed by atoms with Gasteiger partial charge in [-0.05, 0) is 20.8 Å². The van der Waals surface area contributed by atoms with E-state index in [1.165, 1.54) is 9.21 Å². The Morgan fingerprint density at radius 2 is 1.45 bits per heavy atom. The van der Waals surface area contributed by atoms with Crippen molar-refractivity contribution < 1.29 is 27.9 Å². The second-order valence-corrected chi connectivity index (χ2v) is 6.19. The van der Waals surface area contributed by atoms with Gasteiger partial charge in [0.25, 0.3) is 0 Å². The van der Waals surface area contributed by atoms with Crippen LogP contribution in [0.5, 0.6) is 0 Å². The molecule has 0 aliphatic carbocycles. The summed E-state index contributed by atoms with van der Waals surface area (Å²) < 4.78 is 25.8. The Hall–Kier alpha value is 0.390. The summed E-state index contributed by atoms with van der Waals surface area (Å²) >= 11 is 2.05. The maximum atomic E-state index is 11.3. The van der Waals surface area contributed by atoms with E-state index in [1.807, 2.05) is 20.8 Å². The van der Waals surface area contributed by atoms with Gasteiger partial charge in [-0.25, -0.2) is 4.79 Å². The molecule has 120 valence electrons. The van der Waals surface area contributed by atoms with E-state index in [1.54, 1.807) is 0 Å². The van der Waals surface area contributed by atoms with Crippen LogP contribution in [0.3, 0.4) is 0 Å². The number of carbonyl (C=O) groups is 1. The summed E-state index contributed by atoms with van der Waals surface area (Å²) in [5.41, 5.74) is -0.478. The standard InChI is InChI=1S/C12H23IO6S/c1-12(2,3)19-11(14)10-17-7-6-15-4-5-16-8-9-18-20-13/h4-10H2,1-3H3. The summed E-state index contributed by atoms with van der Waals surface area (Å²) in [7, 11) is 1.29. The number of rotatable bonds is 12. The number of ether oxygens (including phenoxy) is 4. The average Bonchev–Trinajstić information content (AvgIpc) is 2.34. The lowest BCUT2D eigenvalue weighted by Gasteiger charge is -2.19. The Morgan fingerprint density at radius 1 is 0.950 bits per heavy atom. The van der Waals surface area contributed by atoms with Gasteiger partial charge in [-0.15, -0.1) is 0 Å². The molecular weight excluding hydrogens is 399 g/mol. The molecule has 0 aromatic carbocycles. The number of hydrogen-bond acceptors (Lipinski definition) is 7. The Balaban J connectivity index is 3.19. The largest absolute Gasteiger partial charge is 0.458 e. The van der Waals surface area contributed by atoms with Crippen LogP contribution in [0.4, 0.5) is 0 Å². The fourth-order valence-corrected chi connectivity index (χ4v) is 1.76. The van der Waals surface area contributed by atoms with Crippen LogP contribution >= 0.6 is 30.4 Å². The van der Waals surface area contributed by atoms with Gasteiger partial charge in [0.15, 0.2) is 0 Å². The SMILES string of the molecule is CC(C)(C)OC(=O)COCCOCCOCCOSI. The first-order valence-electron chi connectivity index (χ1n) is 6.31. The van der Waals surface area contributed by atoms with Crippen molar-refractivity contribution >= 4 is 36.4 Å². The van der Waals surface area contributed by atoms with Crippen molar-refractivity contribution in [2.45, 2.75) is 26.4 Å². The summed E-state index contributed by atoms with van der Waals surface area (Å²) in [4.78, 5) is 11.3. The van der Waals surface area contributed by atoms with Crippen LogP contribution < -0.4 is 0 Å². The highest BCUT2D eigenvalue weighted by Crippen LogP contribution is 2.11. The lowest BCUT2D eigenvalue weighted by Crippen LogP contribution is -2.27. The molecule has 0 amide bonds. The van der Waals surface area contributed by atoms with Crippen molar-refractivity contribution in [2.24, 2.45) is 0 Å². The fourth-order valence-electron chi connectivity index (χ4n) is 1.09. The molecule has 0 aliphatic rings. The minimum Gasteiger partial charge on any atom is -0.458 e. The number of carbonyl (C=O) groups excluding carboxylic acids is 1. The summed E-state index contributed by atoms with van der Waals surface area (Å²) in [6.45, 7) is 8.30. The van der Waals surface area contributed by atoms with E-state index in [9.17, 15) is 4.79 Å². The molecule has 0 aromatic rings. The molecule has 20 heavy (non-hydrogen) atoms. The van der Waals surface area contributed by atoms with Crippen molar-refractivity contribution in [1.29, 1.82) is 0 Å². The summed E-state index contributed by atoms with van der Waals surface area (Å²) in [5, 5.41) is 0. The quantitative estimate of drug-likeness (QED) is 0.207. The summed E-state index contributed by atoms with van der Waals surface area (Å²) in [6.07, 6.45) is 0. The summed E-state index contributed by atoms with van der Waals surface area (Å²) in [5.74, 6) is -0.367. The molecule has 0 heterocycles. The van der Waals surface area contributed by atoms with Crippen molar-refractivity contribution in [3.05, 3.63) is 0 Å². The fraction of sp³-hybridized carbons (Fsp3) is 0.917. The molecule has 0 bridgehead atoms. The van der Waals surface area contributed by atoms with Gasteiger partial charge in [-0.1, -0.05) is 0 Å². The first kappa shape index (κ1) is 20.4. The first-order chi connectivity index (χ1) is 9.45. The van der Waals surface area contributed by atoms with E-state index in [4.69, 9.17) is 23.1 Å². The topological polar surface area (TPSA) is 63.2 Å². The van der Waals surface area contributed by atoms with Crippen LogP contribution in [0, 0.1) is 0 Å². The molecular formula is C12H23IO6S. The Kier molecular flexibility index (Phi) is 13.3. The van der Waals surface area contributed by atoms with Gasteiger partial charge < -0.3 is 23.1 Å². The van der Waals surface area contributed by atoms with Crippen LogP contribution in [0.15, 0.2) is 0 Å². The zero-order valence-corrected chi connectivity index (χ0v) is 15.2. The van der Waals surface area contributed by atoms with Gasteiger partial charge in [0, 0.05) is 21.2 Å². The smallest absolute Gasteiger partial charge is 0.332 e. The van der Waals surface area contributed by atoms with Crippen LogP contribution in [0.1, 0.15) is 20.8 Å². The third-order valence-corrected chi connectivity index (χ3v) is 2.76. The molecule has 0 saturated heterocycles. The zero-order chi connectivity index (χ0) is 15.3. The lowest BCUT2D eigenvalue weighted by molar-refractivity contribution is -0.160. The van der Waals surface area contributed by atoms with E-state index >= 15 is 0 Å². The van der Waals surface area contributed by atoms with E-state index in [-0.39, 0.29) is 12.6 Å². The van der Waals surface area contributed by atoms with Crippen LogP contribution in [-0.4, -0.2) is 57.8 Å². The third-order valence-electron chi connectivity index (χ3n) is 1.74. The molecule has 8 heteroatoms. The highest BCUT2D eigenvalue weighted by atomic mass is 127. The van der Waals surface area contributed by atoms with Gasteiger partial charge in [0.2, 0.25) is 0 Å². The van der Waals surface area contributed by atoms with Crippen LogP contribution in [0.2, 0.25) is 0 Å². The Bertz CT molecular complexity index is 247. The monoisotopic (exact) mass is 422 g/mol. The molecule has 0 rings (SSSR count). The molecule has 0 aromatic heterocycles. The Labute approximate surface area is 137 Å². The van der Waals surface area contributed by atoms with Gasteiger partial charge in [0.05, 0.1) is 48.9 Å². The van der Waals surface area contributed by atoms with Crippen molar-refractivity contribution in [2.75, 3.05) is 46.2 Å². The molecule has 6 nitrogen and oxygen atoms in total. The molecule has 0 unspecified atom stereocenters. The number of halogens is 1. The Morgan fingerprint density at radius 3 is 1.95 bits per heavy atom.